The van der Waals surface area contributed by atoms with Gasteiger partial charge in [-0.15, -0.1) is 0 Å². The minimum Gasteiger partial charge on any atom is -0.428 e. The van der Waals surface area contributed by atoms with Crippen LogP contribution in [0.5, 0.6) is 5.75 Å². The third-order valence-electron chi connectivity index (χ3n) is 5.31. The Hall–Kier alpha value is -0.993. The SMILES string of the molecule is CC(C)(C)[Si](C)(C)OCC(CSCC1CC1)/N=C\C(F)(F)Oc1ccc(F)cc1. The highest BCUT2D eigenvalue weighted by atomic mass is 32.2. The van der Waals surface area contributed by atoms with Gasteiger partial charge in [0.05, 0.1) is 12.6 Å². The summed E-state index contributed by atoms with van der Waals surface area (Å²) in [6.07, 6.45) is -0.516. The predicted octanol–water partition coefficient (Wildman–Crippen LogP) is 6.40. The summed E-state index contributed by atoms with van der Waals surface area (Å²) in [7, 11) is -2.00. The summed E-state index contributed by atoms with van der Waals surface area (Å²) >= 11 is 1.74. The van der Waals surface area contributed by atoms with Crippen LogP contribution in [-0.2, 0) is 4.43 Å². The second-order valence-corrected chi connectivity index (χ2v) is 15.0. The lowest BCUT2D eigenvalue weighted by molar-refractivity contribution is -0.107. The van der Waals surface area contributed by atoms with Crippen molar-refractivity contribution in [3.63, 3.8) is 0 Å². The van der Waals surface area contributed by atoms with Crippen molar-refractivity contribution in [3.05, 3.63) is 30.1 Å². The molecule has 0 heterocycles. The van der Waals surface area contributed by atoms with Crippen LogP contribution in [0.2, 0.25) is 18.1 Å². The van der Waals surface area contributed by atoms with Crippen LogP contribution in [0.1, 0.15) is 33.6 Å². The van der Waals surface area contributed by atoms with Gasteiger partial charge in [0.2, 0.25) is 0 Å². The maximum Gasteiger partial charge on any atom is 0.436 e. The molecule has 0 amide bonds. The van der Waals surface area contributed by atoms with Gasteiger partial charge in [-0.05, 0) is 66.9 Å². The van der Waals surface area contributed by atoms with Gasteiger partial charge in [0.15, 0.2) is 8.32 Å². The molecule has 1 aromatic rings. The third-order valence-corrected chi connectivity index (χ3v) is 11.1. The first kappa shape index (κ1) is 24.3. The number of alkyl halides is 2. The maximum atomic E-state index is 14.2. The number of aliphatic imine (C=N–C) groups is 1. The molecular weight excluding hydrogens is 415 g/mol. The fraction of sp³-hybridized carbons (Fsp3) is 0.667. The zero-order valence-corrected chi connectivity index (χ0v) is 19.7. The molecule has 0 spiro atoms. The van der Waals surface area contributed by atoms with Crippen molar-refractivity contribution in [2.24, 2.45) is 10.9 Å². The van der Waals surface area contributed by atoms with Crippen molar-refractivity contribution in [3.8, 4) is 5.75 Å². The number of hydrogen-bond donors (Lipinski definition) is 0. The minimum atomic E-state index is -3.58. The first-order valence-electron chi connectivity index (χ1n) is 9.96. The average molecular weight is 448 g/mol. The summed E-state index contributed by atoms with van der Waals surface area (Å²) in [6.45, 7) is 11.0. The largest absolute Gasteiger partial charge is 0.436 e. The van der Waals surface area contributed by atoms with Crippen LogP contribution in [-0.4, -0.2) is 44.8 Å². The van der Waals surface area contributed by atoms with E-state index in [0.29, 0.717) is 18.6 Å². The number of benzene rings is 1. The smallest absolute Gasteiger partial charge is 0.428 e. The van der Waals surface area contributed by atoms with Crippen molar-refractivity contribution in [1.82, 2.24) is 0 Å². The highest BCUT2D eigenvalue weighted by Crippen LogP contribution is 2.37. The Labute approximate surface area is 177 Å². The van der Waals surface area contributed by atoms with Crippen LogP contribution in [0.4, 0.5) is 13.2 Å². The van der Waals surface area contributed by atoms with Crippen LogP contribution in [0.25, 0.3) is 0 Å². The second-order valence-electron chi connectivity index (χ2n) is 9.10. The van der Waals surface area contributed by atoms with E-state index in [-0.39, 0.29) is 16.8 Å². The standard InChI is InChI=1S/C21H32F3NO2SSi/c1-20(2,3)29(4,5)26-12-18(14-28-13-16-6-7-16)25-15-21(23,24)27-19-10-8-17(22)9-11-19/h8-11,15-16,18H,6-7,12-14H2,1-5H3/b25-15-. The molecule has 2 rings (SSSR count). The molecule has 1 unspecified atom stereocenters. The van der Waals surface area contributed by atoms with E-state index in [4.69, 9.17) is 4.43 Å². The van der Waals surface area contributed by atoms with E-state index in [1.165, 1.54) is 25.0 Å². The van der Waals surface area contributed by atoms with Crippen LogP contribution in [0.3, 0.4) is 0 Å². The Morgan fingerprint density at radius 1 is 1.21 bits per heavy atom. The Morgan fingerprint density at radius 2 is 1.83 bits per heavy atom. The van der Waals surface area contributed by atoms with Gasteiger partial charge < -0.3 is 9.16 Å². The number of ether oxygens (including phenoxy) is 1. The molecule has 8 heteroatoms. The van der Waals surface area contributed by atoms with E-state index in [9.17, 15) is 13.2 Å². The van der Waals surface area contributed by atoms with Crippen molar-refractivity contribution < 1.29 is 22.3 Å². The van der Waals surface area contributed by atoms with Gasteiger partial charge in [-0.25, -0.2) is 4.39 Å². The summed E-state index contributed by atoms with van der Waals surface area (Å²) in [5, 5.41) is 0.0397. The first-order chi connectivity index (χ1) is 13.4. The van der Waals surface area contributed by atoms with Gasteiger partial charge in [-0.3, -0.25) is 4.99 Å². The Morgan fingerprint density at radius 3 is 2.38 bits per heavy atom. The molecule has 0 saturated heterocycles. The van der Waals surface area contributed by atoms with E-state index in [1.807, 2.05) is 0 Å². The number of hydrogen-bond acceptors (Lipinski definition) is 4. The van der Waals surface area contributed by atoms with E-state index in [0.717, 1.165) is 23.8 Å². The monoisotopic (exact) mass is 447 g/mol. The second kappa shape index (κ2) is 9.88. The molecule has 0 radical (unpaired) electrons. The fourth-order valence-corrected chi connectivity index (χ4v) is 4.49. The van der Waals surface area contributed by atoms with E-state index in [1.54, 1.807) is 11.8 Å². The van der Waals surface area contributed by atoms with E-state index in [2.05, 4.69) is 43.6 Å². The fourth-order valence-electron chi connectivity index (χ4n) is 2.19. The molecule has 164 valence electrons. The van der Waals surface area contributed by atoms with Crippen molar-refractivity contribution >= 4 is 26.3 Å². The molecule has 0 bridgehead atoms. The van der Waals surface area contributed by atoms with Crippen molar-refractivity contribution in [2.75, 3.05) is 18.1 Å². The normalized spacial score (nSPS) is 17.0. The molecule has 0 aromatic heterocycles. The number of halogens is 3. The van der Waals surface area contributed by atoms with Crippen LogP contribution >= 0.6 is 11.8 Å². The molecule has 1 fully saturated rings. The molecule has 1 atom stereocenters. The highest BCUT2D eigenvalue weighted by molar-refractivity contribution is 7.99. The number of rotatable bonds is 11. The van der Waals surface area contributed by atoms with E-state index >= 15 is 0 Å². The molecule has 3 nitrogen and oxygen atoms in total. The lowest BCUT2D eigenvalue weighted by atomic mass is 10.2. The number of nitrogens with zero attached hydrogens (tertiary/aromatic N) is 1. The molecule has 29 heavy (non-hydrogen) atoms. The van der Waals surface area contributed by atoms with Gasteiger partial charge >= 0.3 is 6.11 Å². The van der Waals surface area contributed by atoms with E-state index < -0.39 is 20.2 Å². The molecule has 0 N–H and O–H groups in total. The predicted molar refractivity (Wildman–Crippen MR) is 117 cm³/mol. The van der Waals surface area contributed by atoms with Crippen molar-refractivity contribution in [1.29, 1.82) is 0 Å². The van der Waals surface area contributed by atoms with Gasteiger partial charge in [0, 0.05) is 5.75 Å². The molecule has 1 aliphatic carbocycles. The van der Waals surface area contributed by atoms with Crippen LogP contribution in [0, 0.1) is 11.7 Å². The number of thioether (sulfide) groups is 1. The zero-order chi connectivity index (χ0) is 21.7. The van der Waals surface area contributed by atoms with Gasteiger partial charge in [0.25, 0.3) is 0 Å². The summed E-state index contributed by atoms with van der Waals surface area (Å²) in [4.78, 5) is 4.11. The maximum absolute atomic E-state index is 14.2. The molecule has 1 aromatic carbocycles. The van der Waals surface area contributed by atoms with Crippen LogP contribution < -0.4 is 4.74 Å². The molecule has 1 aliphatic rings. The summed E-state index contributed by atoms with van der Waals surface area (Å²) in [5.74, 6) is 1.81. The molecular formula is C21H32F3NO2SSi. The average Bonchev–Trinajstić information content (AvgIpc) is 3.42. The molecule has 1 saturated carbocycles. The highest BCUT2D eigenvalue weighted by Gasteiger charge is 2.38. The molecule has 0 aliphatic heterocycles. The summed E-state index contributed by atoms with van der Waals surface area (Å²) < 4.78 is 52.2. The Balaban J connectivity index is 1.98. The first-order valence-corrected chi connectivity index (χ1v) is 14.0. The lowest BCUT2D eigenvalue weighted by Crippen LogP contribution is -2.43. The third kappa shape index (κ3) is 8.72. The van der Waals surface area contributed by atoms with Gasteiger partial charge in [0.1, 0.15) is 17.8 Å². The van der Waals surface area contributed by atoms with Gasteiger partial charge in [-0.1, -0.05) is 20.8 Å². The zero-order valence-electron chi connectivity index (χ0n) is 17.9. The topological polar surface area (TPSA) is 30.8 Å². The summed E-state index contributed by atoms with van der Waals surface area (Å²) in [6, 6.07) is 4.12. The van der Waals surface area contributed by atoms with Crippen molar-refractivity contribution in [2.45, 2.75) is 63.9 Å². The lowest BCUT2D eigenvalue weighted by Gasteiger charge is -2.36. The summed E-state index contributed by atoms with van der Waals surface area (Å²) in [5.41, 5.74) is 0. The Bertz CT molecular complexity index is 673. The minimum absolute atomic E-state index is 0.0397. The Kier molecular flexibility index (Phi) is 8.27. The van der Waals surface area contributed by atoms with Crippen LogP contribution in [0.15, 0.2) is 29.3 Å². The quantitative estimate of drug-likeness (QED) is 0.290. The van der Waals surface area contributed by atoms with Gasteiger partial charge in [-0.2, -0.15) is 20.5 Å².